The minimum absolute atomic E-state index is 0.0173. The minimum Gasteiger partial charge on any atom is -0.353 e. The van der Waals surface area contributed by atoms with Crippen molar-refractivity contribution in [2.75, 3.05) is 11.4 Å². The van der Waals surface area contributed by atoms with Crippen molar-refractivity contribution in [1.82, 2.24) is 5.32 Å². The first kappa shape index (κ1) is 16.5. The zero-order valence-electron chi connectivity index (χ0n) is 14.5. The number of benzene rings is 2. The highest BCUT2D eigenvalue weighted by Crippen LogP contribution is 2.31. The number of nitrogens with one attached hydrogen (secondary N) is 1. The molecule has 4 nitrogen and oxygen atoms in total. The maximum Gasteiger partial charge on any atom is 0.227 e. The molecule has 1 N–H and O–H groups in total. The molecule has 0 aromatic heterocycles. The molecule has 0 saturated carbocycles. The first-order chi connectivity index (χ1) is 11.5. The summed E-state index contributed by atoms with van der Waals surface area (Å²) >= 11 is 0. The maximum absolute atomic E-state index is 12.5. The zero-order chi connectivity index (χ0) is 17.3. The van der Waals surface area contributed by atoms with Gasteiger partial charge >= 0.3 is 0 Å². The van der Waals surface area contributed by atoms with Crippen molar-refractivity contribution >= 4 is 28.3 Å². The number of rotatable bonds is 4. The summed E-state index contributed by atoms with van der Waals surface area (Å²) in [7, 11) is 0. The number of fused-ring (bicyclic) bond motifs is 1. The molecule has 1 aliphatic heterocycles. The van der Waals surface area contributed by atoms with E-state index in [1.165, 1.54) is 0 Å². The Morgan fingerprint density at radius 2 is 1.83 bits per heavy atom. The highest BCUT2D eigenvalue weighted by molar-refractivity contribution is 6.06. The van der Waals surface area contributed by atoms with E-state index in [4.69, 9.17) is 0 Å². The van der Waals surface area contributed by atoms with Crippen LogP contribution in [-0.4, -0.2) is 24.4 Å². The molecule has 0 aliphatic carbocycles. The third-order valence-corrected chi connectivity index (χ3v) is 4.92. The molecule has 2 amide bonds. The molecule has 0 unspecified atom stereocenters. The topological polar surface area (TPSA) is 49.4 Å². The Balaban J connectivity index is 1.81. The van der Waals surface area contributed by atoms with Crippen LogP contribution in [0.3, 0.4) is 0 Å². The van der Waals surface area contributed by atoms with Gasteiger partial charge in [-0.2, -0.15) is 0 Å². The Morgan fingerprint density at radius 3 is 2.58 bits per heavy atom. The lowest BCUT2D eigenvalue weighted by atomic mass is 10.0. The number of hydrogen-bond donors (Lipinski definition) is 1. The van der Waals surface area contributed by atoms with Crippen LogP contribution in [0.15, 0.2) is 42.5 Å². The van der Waals surface area contributed by atoms with Gasteiger partial charge in [-0.25, -0.2) is 0 Å². The Kier molecular flexibility index (Phi) is 4.56. The molecule has 3 rings (SSSR count). The molecular weight excluding hydrogens is 300 g/mol. The molecule has 2 aromatic carbocycles. The van der Waals surface area contributed by atoms with Crippen LogP contribution in [0.2, 0.25) is 0 Å². The van der Waals surface area contributed by atoms with Crippen molar-refractivity contribution in [1.29, 1.82) is 0 Å². The Morgan fingerprint density at radius 1 is 1.12 bits per heavy atom. The van der Waals surface area contributed by atoms with Crippen molar-refractivity contribution in [2.24, 2.45) is 11.8 Å². The zero-order valence-corrected chi connectivity index (χ0v) is 14.5. The van der Waals surface area contributed by atoms with E-state index in [1.54, 1.807) is 4.90 Å². The molecule has 1 saturated heterocycles. The van der Waals surface area contributed by atoms with E-state index in [1.807, 2.05) is 49.4 Å². The van der Waals surface area contributed by atoms with E-state index in [-0.39, 0.29) is 30.2 Å². The van der Waals surface area contributed by atoms with Gasteiger partial charge in [0.25, 0.3) is 0 Å². The predicted molar refractivity (Wildman–Crippen MR) is 96.9 cm³/mol. The lowest BCUT2D eigenvalue weighted by molar-refractivity contribution is -0.127. The van der Waals surface area contributed by atoms with E-state index < -0.39 is 0 Å². The van der Waals surface area contributed by atoms with E-state index >= 15 is 0 Å². The molecule has 24 heavy (non-hydrogen) atoms. The largest absolute Gasteiger partial charge is 0.353 e. The maximum atomic E-state index is 12.5. The number of hydrogen-bond acceptors (Lipinski definition) is 2. The Bertz CT molecular complexity index is 764. The predicted octanol–water partition coefficient (Wildman–Crippen LogP) is 3.35. The molecule has 1 aliphatic rings. The molecule has 0 radical (unpaired) electrons. The van der Waals surface area contributed by atoms with E-state index in [0.717, 1.165) is 16.5 Å². The summed E-state index contributed by atoms with van der Waals surface area (Å²) in [5.74, 6) is 0.0916. The van der Waals surface area contributed by atoms with Crippen LogP contribution in [0.25, 0.3) is 10.8 Å². The van der Waals surface area contributed by atoms with Gasteiger partial charge in [-0.05, 0) is 24.3 Å². The normalized spacial score (nSPS) is 19.1. The van der Waals surface area contributed by atoms with E-state index in [9.17, 15) is 9.59 Å². The average Bonchev–Trinajstić information content (AvgIpc) is 2.96. The van der Waals surface area contributed by atoms with Crippen molar-refractivity contribution in [3.63, 3.8) is 0 Å². The smallest absolute Gasteiger partial charge is 0.227 e. The molecule has 0 spiro atoms. The van der Waals surface area contributed by atoms with Crippen molar-refractivity contribution in [2.45, 2.75) is 33.2 Å². The van der Waals surface area contributed by atoms with E-state index in [0.29, 0.717) is 12.5 Å². The molecule has 4 heteroatoms. The number of anilines is 1. The molecule has 2 atom stereocenters. The van der Waals surface area contributed by atoms with Crippen LogP contribution in [-0.2, 0) is 9.59 Å². The van der Waals surface area contributed by atoms with Crippen LogP contribution < -0.4 is 10.2 Å². The van der Waals surface area contributed by atoms with Gasteiger partial charge in [0.1, 0.15) is 0 Å². The second-order valence-electron chi connectivity index (χ2n) is 6.94. The fourth-order valence-corrected chi connectivity index (χ4v) is 3.07. The van der Waals surface area contributed by atoms with Gasteiger partial charge in [0.15, 0.2) is 0 Å². The number of amides is 2. The van der Waals surface area contributed by atoms with Gasteiger partial charge in [-0.3, -0.25) is 9.59 Å². The molecular formula is C20H24N2O2. The summed E-state index contributed by atoms with van der Waals surface area (Å²) in [4.78, 5) is 26.7. The van der Waals surface area contributed by atoms with Gasteiger partial charge < -0.3 is 10.2 Å². The first-order valence-corrected chi connectivity index (χ1v) is 8.56. The van der Waals surface area contributed by atoms with Crippen LogP contribution in [0.1, 0.15) is 27.2 Å². The second kappa shape index (κ2) is 6.63. The van der Waals surface area contributed by atoms with Crippen molar-refractivity contribution in [3.8, 4) is 0 Å². The third-order valence-electron chi connectivity index (χ3n) is 4.92. The molecule has 2 aromatic rings. The van der Waals surface area contributed by atoms with Crippen molar-refractivity contribution in [3.05, 3.63) is 42.5 Å². The Hall–Kier alpha value is -2.36. The highest BCUT2D eigenvalue weighted by atomic mass is 16.2. The fourth-order valence-electron chi connectivity index (χ4n) is 3.07. The number of carbonyl (C=O) groups is 2. The second-order valence-corrected chi connectivity index (χ2v) is 6.94. The summed E-state index contributed by atoms with van der Waals surface area (Å²) in [5, 5.41) is 5.18. The fraction of sp³-hybridized carbons (Fsp3) is 0.400. The van der Waals surface area contributed by atoms with Gasteiger partial charge in [0.2, 0.25) is 11.8 Å². The third kappa shape index (κ3) is 3.14. The summed E-state index contributed by atoms with van der Waals surface area (Å²) in [5.41, 5.74) is 0.894. The summed E-state index contributed by atoms with van der Waals surface area (Å²) < 4.78 is 0. The minimum atomic E-state index is -0.280. The number of carbonyl (C=O) groups excluding carboxylic acids is 2. The van der Waals surface area contributed by atoms with Gasteiger partial charge in [0.05, 0.1) is 11.6 Å². The molecule has 1 heterocycles. The van der Waals surface area contributed by atoms with Crippen LogP contribution in [0.5, 0.6) is 0 Å². The SMILES string of the molecule is CC(C)[C@H](C)NC(=O)[C@H]1CC(=O)N(c2cccc3ccccc23)C1. The van der Waals surface area contributed by atoms with Crippen LogP contribution >= 0.6 is 0 Å². The quantitative estimate of drug-likeness (QED) is 0.937. The van der Waals surface area contributed by atoms with Gasteiger partial charge in [-0.1, -0.05) is 50.2 Å². The average molecular weight is 324 g/mol. The molecule has 0 bridgehead atoms. The standard InChI is InChI=1S/C20H24N2O2/c1-13(2)14(3)21-20(24)16-11-19(23)22(12-16)18-10-6-8-15-7-4-5-9-17(15)18/h4-10,13-14,16H,11-12H2,1-3H3,(H,21,24)/t14-,16-/m0/s1. The van der Waals surface area contributed by atoms with Gasteiger partial charge in [-0.15, -0.1) is 0 Å². The summed E-state index contributed by atoms with van der Waals surface area (Å²) in [6.07, 6.45) is 0.278. The number of nitrogens with zero attached hydrogens (tertiary/aromatic N) is 1. The van der Waals surface area contributed by atoms with Gasteiger partial charge in [0, 0.05) is 24.4 Å². The summed E-state index contributed by atoms with van der Waals surface area (Å²) in [6, 6.07) is 14.1. The molecule has 1 fully saturated rings. The first-order valence-electron chi connectivity index (χ1n) is 8.56. The lowest BCUT2D eigenvalue weighted by Crippen LogP contribution is -2.40. The summed E-state index contributed by atoms with van der Waals surface area (Å²) in [6.45, 7) is 6.60. The van der Waals surface area contributed by atoms with Crippen LogP contribution in [0.4, 0.5) is 5.69 Å². The Labute approximate surface area is 142 Å². The van der Waals surface area contributed by atoms with E-state index in [2.05, 4.69) is 19.2 Å². The van der Waals surface area contributed by atoms with Crippen molar-refractivity contribution < 1.29 is 9.59 Å². The lowest BCUT2D eigenvalue weighted by Gasteiger charge is -2.21. The highest BCUT2D eigenvalue weighted by Gasteiger charge is 2.36. The molecule has 126 valence electrons. The van der Waals surface area contributed by atoms with Crippen LogP contribution in [0, 0.1) is 11.8 Å². The monoisotopic (exact) mass is 324 g/mol.